The summed E-state index contributed by atoms with van der Waals surface area (Å²) in [5.74, 6) is 0. The molecule has 4 heterocycles. The van der Waals surface area contributed by atoms with Crippen LogP contribution in [-0.2, 0) is 0 Å². The van der Waals surface area contributed by atoms with Crippen molar-refractivity contribution in [1.29, 1.82) is 0 Å². The summed E-state index contributed by atoms with van der Waals surface area (Å²) in [6.07, 6.45) is 6.90. The minimum atomic E-state index is 0.390. The lowest BCUT2D eigenvalue weighted by Crippen LogP contribution is -1.97. The zero-order valence-corrected chi connectivity index (χ0v) is 22.2. The predicted molar refractivity (Wildman–Crippen MR) is 144 cm³/mol. The largest absolute Gasteiger partial charge is 0.338 e. The molecule has 0 aliphatic rings. The Hall–Kier alpha value is -2.41. The Morgan fingerprint density at radius 2 is 1.52 bits per heavy atom. The van der Waals surface area contributed by atoms with E-state index < -0.39 is 0 Å². The molecule has 0 atom stereocenters. The van der Waals surface area contributed by atoms with E-state index >= 15 is 0 Å². The summed E-state index contributed by atoms with van der Waals surface area (Å²) in [5.41, 5.74) is 0.848. The van der Waals surface area contributed by atoms with E-state index in [9.17, 15) is 0 Å². The highest BCUT2D eigenvalue weighted by molar-refractivity contribution is 7.80. The van der Waals surface area contributed by atoms with Crippen LogP contribution in [0.25, 0.3) is 5.69 Å². The van der Waals surface area contributed by atoms with Crippen LogP contribution in [0, 0.1) is 22.2 Å². The van der Waals surface area contributed by atoms with Crippen LogP contribution >= 0.6 is 85.1 Å². The second-order valence-electron chi connectivity index (χ2n) is 5.37. The smallest absolute Gasteiger partial charge is 0.242 e. The summed E-state index contributed by atoms with van der Waals surface area (Å²) in [5, 5.41) is 15.3. The number of hydrogen-bond donors (Lipinski definition) is 7. The van der Waals surface area contributed by atoms with Crippen LogP contribution in [0.3, 0.4) is 0 Å². The van der Waals surface area contributed by atoms with Crippen molar-refractivity contribution in [2.24, 2.45) is 0 Å². The Kier molecular flexibility index (Phi) is 11.9. The standard InChI is InChI=1S/C7H6N4S2.C4H4N2S.C3H4N2S.C2H2N2S3/c12-6-4-2-1-3-5(6)11-7(13)8-9-10-11;7-4-5-2-1-3-6-4;6-3-4-1-2-5-3;5-1-3-4-2(6)7-1/h1-4,12H,(H,8,10,13);1-3H,(H,5,6,7);1-2H,(H2,4,5,6);(H,3,5)(H,4,6). The van der Waals surface area contributed by atoms with Crippen molar-refractivity contribution in [2.75, 3.05) is 0 Å². The van der Waals surface area contributed by atoms with E-state index in [4.69, 9.17) is 36.7 Å². The SMILES string of the molecule is S=c1[nH][nH]c(=S)s1.S=c1[nH]cc[nH]1.S=c1nccc[nH]1.S=c1nn[nH]n1-c1ccccc1S. The van der Waals surface area contributed by atoms with Gasteiger partial charge in [0, 0.05) is 29.7 Å². The number of hydrogen-bond acceptors (Lipinski definition) is 10. The average Bonchev–Trinajstić information content (AvgIpc) is 3.54. The molecule has 0 radical (unpaired) electrons. The summed E-state index contributed by atoms with van der Waals surface area (Å²) in [6, 6.07) is 9.35. The third-order valence-electron chi connectivity index (χ3n) is 3.14. The van der Waals surface area contributed by atoms with E-state index in [2.05, 4.69) is 82.7 Å². The number of para-hydroxylation sites is 1. The third kappa shape index (κ3) is 10.4. The van der Waals surface area contributed by atoms with Crippen molar-refractivity contribution in [3.8, 4) is 5.69 Å². The average molecular weight is 573 g/mol. The van der Waals surface area contributed by atoms with Gasteiger partial charge in [-0.1, -0.05) is 33.8 Å². The molecule has 5 rings (SSSR count). The van der Waals surface area contributed by atoms with Gasteiger partial charge in [-0.05, 0) is 79.3 Å². The first-order valence-corrected chi connectivity index (χ1v) is 12.0. The summed E-state index contributed by atoms with van der Waals surface area (Å²) in [4.78, 5) is 12.8. The molecular weight excluding hydrogens is 557 g/mol. The minimum absolute atomic E-state index is 0.390. The summed E-state index contributed by atoms with van der Waals surface area (Å²) in [7, 11) is 0. The van der Waals surface area contributed by atoms with Crippen LogP contribution < -0.4 is 0 Å². The Balaban J connectivity index is 0.000000166. The Morgan fingerprint density at radius 1 is 0.848 bits per heavy atom. The number of thiol groups is 1. The lowest BCUT2D eigenvalue weighted by atomic mass is 10.3. The molecule has 0 spiro atoms. The molecule has 0 aliphatic heterocycles. The quantitative estimate of drug-likeness (QED) is 0.100. The zero-order valence-electron chi connectivity index (χ0n) is 16.4. The number of aromatic amines is 6. The van der Waals surface area contributed by atoms with Gasteiger partial charge in [-0.25, -0.2) is 9.67 Å². The van der Waals surface area contributed by atoms with E-state index in [1.807, 2.05) is 24.3 Å². The number of rotatable bonds is 1. The monoisotopic (exact) mass is 572 g/mol. The topological polar surface area (TPSA) is 138 Å². The van der Waals surface area contributed by atoms with Gasteiger partial charge in [0.05, 0.1) is 5.69 Å². The number of H-pyrrole nitrogens is 6. The molecule has 4 aromatic heterocycles. The van der Waals surface area contributed by atoms with E-state index in [0.717, 1.165) is 10.6 Å². The van der Waals surface area contributed by atoms with Crippen LogP contribution in [0.2, 0.25) is 0 Å². The molecule has 0 amide bonds. The predicted octanol–water partition coefficient (Wildman–Crippen LogP) is 5.69. The number of nitrogens with one attached hydrogen (secondary N) is 6. The number of nitrogens with zero attached hydrogens (tertiary/aromatic N) is 4. The normalized spacial score (nSPS) is 9.36. The molecule has 1 aromatic carbocycles. The van der Waals surface area contributed by atoms with Gasteiger partial charge in [0.15, 0.2) is 17.5 Å². The fourth-order valence-electron chi connectivity index (χ4n) is 1.83. The van der Waals surface area contributed by atoms with E-state index in [0.29, 0.717) is 22.2 Å². The Bertz CT molecular complexity index is 1450. The molecule has 5 aromatic rings. The first-order chi connectivity index (χ1) is 15.9. The molecule has 0 unspecified atom stereocenters. The second-order valence-corrected chi connectivity index (χ2v) is 9.37. The van der Waals surface area contributed by atoms with Crippen molar-refractivity contribution >= 4 is 85.1 Å². The molecule has 0 bridgehead atoms. The summed E-state index contributed by atoms with van der Waals surface area (Å²) >= 11 is 29.3. The maximum atomic E-state index is 4.95. The van der Waals surface area contributed by atoms with Crippen molar-refractivity contribution < 1.29 is 0 Å². The van der Waals surface area contributed by atoms with Gasteiger partial charge in [-0.2, -0.15) is 5.21 Å². The lowest BCUT2D eigenvalue weighted by molar-refractivity contribution is 0.776. The van der Waals surface area contributed by atoms with E-state index in [1.54, 1.807) is 35.5 Å². The number of benzene rings is 1. The highest BCUT2D eigenvalue weighted by atomic mass is 32.2. The summed E-state index contributed by atoms with van der Waals surface area (Å²) in [6.45, 7) is 0. The summed E-state index contributed by atoms with van der Waals surface area (Å²) < 4.78 is 4.59. The number of aromatic nitrogens is 10. The van der Waals surface area contributed by atoms with Gasteiger partial charge in [-0.3, -0.25) is 10.2 Å². The number of imidazole rings is 1. The van der Waals surface area contributed by atoms with Crippen LogP contribution in [0.4, 0.5) is 0 Å². The van der Waals surface area contributed by atoms with Gasteiger partial charge in [0.2, 0.25) is 4.77 Å². The van der Waals surface area contributed by atoms with Crippen molar-refractivity contribution in [3.63, 3.8) is 0 Å². The molecule has 17 heteroatoms. The molecule has 0 saturated carbocycles. The van der Waals surface area contributed by atoms with E-state index in [1.165, 1.54) is 11.3 Å². The Morgan fingerprint density at radius 3 is 1.88 bits per heavy atom. The van der Waals surface area contributed by atoms with Crippen molar-refractivity contribution in [3.05, 3.63) is 77.3 Å². The molecule has 172 valence electrons. The maximum Gasteiger partial charge on any atom is 0.242 e. The highest BCUT2D eigenvalue weighted by Gasteiger charge is 2.01. The van der Waals surface area contributed by atoms with Gasteiger partial charge < -0.3 is 15.0 Å². The molecule has 10 nitrogen and oxygen atoms in total. The van der Waals surface area contributed by atoms with Crippen molar-refractivity contribution in [1.82, 2.24) is 50.3 Å². The van der Waals surface area contributed by atoms with Crippen LogP contribution in [-0.4, -0.2) is 50.3 Å². The zero-order chi connectivity index (χ0) is 24.1. The van der Waals surface area contributed by atoms with E-state index in [-0.39, 0.29) is 0 Å². The van der Waals surface area contributed by atoms with Gasteiger partial charge in [0.25, 0.3) is 0 Å². The first-order valence-electron chi connectivity index (χ1n) is 8.65. The highest BCUT2D eigenvalue weighted by Crippen LogP contribution is 2.16. The second kappa shape index (κ2) is 14.7. The Labute approximate surface area is 222 Å². The fourth-order valence-corrected chi connectivity index (χ4v) is 3.67. The first kappa shape index (κ1) is 26.8. The third-order valence-corrected chi connectivity index (χ3v) is 5.52. The van der Waals surface area contributed by atoms with Gasteiger partial charge >= 0.3 is 0 Å². The molecule has 33 heavy (non-hydrogen) atoms. The lowest BCUT2D eigenvalue weighted by Gasteiger charge is -2.02. The fraction of sp³-hybridized carbons (Fsp3) is 0. The molecular formula is C16H16N10S7. The minimum Gasteiger partial charge on any atom is -0.338 e. The number of tetrazole rings is 1. The molecule has 0 saturated heterocycles. The van der Waals surface area contributed by atoms with Gasteiger partial charge in [-0.15, -0.1) is 12.6 Å². The molecule has 0 aliphatic carbocycles. The molecule has 6 N–H and O–H groups in total. The molecule has 0 fully saturated rings. The van der Waals surface area contributed by atoms with Crippen LogP contribution in [0.5, 0.6) is 0 Å². The van der Waals surface area contributed by atoms with Crippen LogP contribution in [0.1, 0.15) is 0 Å². The van der Waals surface area contributed by atoms with Crippen molar-refractivity contribution in [2.45, 2.75) is 4.90 Å². The maximum absolute atomic E-state index is 4.95. The van der Waals surface area contributed by atoms with Gasteiger partial charge in [0.1, 0.15) is 0 Å². The van der Waals surface area contributed by atoms with Crippen LogP contribution in [0.15, 0.2) is 60.0 Å².